The molecule has 1 aromatic carbocycles. The lowest BCUT2D eigenvalue weighted by Crippen LogP contribution is -2.30. The quantitative estimate of drug-likeness (QED) is 0.915. The Morgan fingerprint density at radius 1 is 1.21 bits per heavy atom. The summed E-state index contributed by atoms with van der Waals surface area (Å²) in [5.74, 6) is -1.67. The first-order valence-corrected chi connectivity index (χ1v) is 6.73. The fourth-order valence-corrected chi connectivity index (χ4v) is 3.02. The van der Waals surface area contributed by atoms with Gasteiger partial charge in [-0.3, -0.25) is 9.59 Å². The van der Waals surface area contributed by atoms with Crippen molar-refractivity contribution in [2.24, 2.45) is 0 Å². The van der Waals surface area contributed by atoms with Gasteiger partial charge in [0.25, 0.3) is 5.91 Å². The molecule has 2 heterocycles. The van der Waals surface area contributed by atoms with Crippen molar-refractivity contribution < 1.29 is 14.7 Å². The van der Waals surface area contributed by atoms with Crippen molar-refractivity contribution in [1.82, 2.24) is 0 Å². The molecule has 0 radical (unpaired) electrons. The van der Waals surface area contributed by atoms with E-state index in [2.05, 4.69) is 0 Å². The molecule has 0 spiro atoms. The Kier molecular flexibility index (Phi) is 2.83. The Labute approximate surface area is 113 Å². The minimum atomic E-state index is -0.895. The Hall–Kier alpha value is -2.14. The van der Waals surface area contributed by atoms with E-state index < -0.39 is 11.9 Å². The molecule has 1 N–H and O–H groups in total. The summed E-state index contributed by atoms with van der Waals surface area (Å²) in [6.45, 7) is 0.200. The highest BCUT2D eigenvalue weighted by molar-refractivity contribution is 7.12. The Balaban J connectivity index is 2.01. The first-order valence-electron chi connectivity index (χ1n) is 5.85. The van der Waals surface area contributed by atoms with Crippen LogP contribution >= 0.6 is 11.3 Å². The SMILES string of the molecule is O=C(O)[C@@H]1CN(C(=O)c2cccs2)c2ccccc21. The molecule has 96 valence electrons. The third-order valence-corrected chi connectivity index (χ3v) is 4.10. The average Bonchev–Trinajstić information content (AvgIpc) is 3.05. The first-order chi connectivity index (χ1) is 9.18. The number of para-hydroxylation sites is 1. The van der Waals surface area contributed by atoms with Crippen molar-refractivity contribution >= 4 is 28.9 Å². The molecular weight excluding hydrogens is 262 g/mol. The molecule has 3 rings (SSSR count). The normalized spacial score (nSPS) is 17.3. The number of nitrogens with zero attached hydrogens (tertiary/aromatic N) is 1. The molecule has 1 aliphatic heterocycles. The highest BCUT2D eigenvalue weighted by Crippen LogP contribution is 2.37. The minimum Gasteiger partial charge on any atom is -0.481 e. The molecule has 1 aromatic heterocycles. The third-order valence-electron chi connectivity index (χ3n) is 3.24. The number of amides is 1. The number of aliphatic carboxylic acids is 1. The Morgan fingerprint density at radius 3 is 2.68 bits per heavy atom. The van der Waals surface area contributed by atoms with Gasteiger partial charge in [-0.05, 0) is 23.1 Å². The van der Waals surface area contributed by atoms with Crippen LogP contribution in [0.3, 0.4) is 0 Å². The number of hydrogen-bond acceptors (Lipinski definition) is 3. The van der Waals surface area contributed by atoms with Gasteiger partial charge in [0, 0.05) is 12.2 Å². The van der Waals surface area contributed by atoms with Crippen LogP contribution < -0.4 is 4.90 Å². The van der Waals surface area contributed by atoms with Gasteiger partial charge >= 0.3 is 5.97 Å². The second kappa shape index (κ2) is 4.51. The van der Waals surface area contributed by atoms with Gasteiger partial charge in [-0.2, -0.15) is 0 Å². The summed E-state index contributed by atoms with van der Waals surface area (Å²) in [7, 11) is 0. The van der Waals surface area contributed by atoms with Crippen molar-refractivity contribution in [2.75, 3.05) is 11.4 Å². The molecule has 19 heavy (non-hydrogen) atoms. The summed E-state index contributed by atoms with van der Waals surface area (Å²) in [5.41, 5.74) is 1.41. The Morgan fingerprint density at radius 2 is 2.00 bits per heavy atom. The van der Waals surface area contributed by atoms with E-state index in [0.717, 1.165) is 0 Å². The van der Waals surface area contributed by atoms with Crippen LogP contribution in [0.4, 0.5) is 5.69 Å². The molecule has 5 heteroatoms. The summed E-state index contributed by atoms with van der Waals surface area (Å²) in [4.78, 5) is 25.8. The molecule has 1 aliphatic rings. The zero-order valence-electron chi connectivity index (χ0n) is 9.95. The van der Waals surface area contributed by atoms with Crippen LogP contribution in [0.2, 0.25) is 0 Å². The minimum absolute atomic E-state index is 0.133. The number of carboxylic acid groups (broad SMARTS) is 1. The van der Waals surface area contributed by atoms with Crippen LogP contribution in [0, 0.1) is 0 Å². The summed E-state index contributed by atoms with van der Waals surface area (Å²) >= 11 is 1.36. The molecule has 0 saturated carbocycles. The van der Waals surface area contributed by atoms with Crippen LogP contribution in [0.25, 0.3) is 0 Å². The smallest absolute Gasteiger partial charge is 0.312 e. The molecule has 0 bridgehead atoms. The molecular formula is C14H11NO3S. The lowest BCUT2D eigenvalue weighted by atomic mass is 10.0. The molecule has 4 nitrogen and oxygen atoms in total. The predicted octanol–water partition coefficient (Wildman–Crippen LogP) is 2.58. The topological polar surface area (TPSA) is 57.6 Å². The maximum Gasteiger partial charge on any atom is 0.312 e. The lowest BCUT2D eigenvalue weighted by molar-refractivity contribution is -0.138. The molecule has 0 unspecified atom stereocenters. The predicted molar refractivity (Wildman–Crippen MR) is 72.8 cm³/mol. The van der Waals surface area contributed by atoms with E-state index in [0.29, 0.717) is 16.1 Å². The molecule has 0 saturated heterocycles. The number of carbonyl (C=O) groups excluding carboxylic acids is 1. The number of benzene rings is 1. The van der Waals surface area contributed by atoms with Gasteiger partial charge in [0.05, 0.1) is 4.88 Å². The molecule has 1 atom stereocenters. The van der Waals surface area contributed by atoms with Gasteiger partial charge in [0.1, 0.15) is 5.92 Å². The number of fused-ring (bicyclic) bond motifs is 1. The molecule has 0 aliphatic carbocycles. The number of carbonyl (C=O) groups is 2. The second-order valence-electron chi connectivity index (χ2n) is 4.34. The number of rotatable bonds is 2. The standard InChI is InChI=1S/C14H11NO3S/c16-13(12-6-3-7-19-12)15-8-10(14(17)18)9-4-1-2-5-11(9)15/h1-7,10H,8H2,(H,17,18)/t10-/m1/s1. The van der Waals surface area contributed by atoms with Crippen molar-refractivity contribution in [2.45, 2.75) is 5.92 Å². The number of anilines is 1. The average molecular weight is 273 g/mol. The summed E-state index contributed by atoms with van der Waals surface area (Å²) in [6.07, 6.45) is 0. The highest BCUT2D eigenvalue weighted by atomic mass is 32.1. The fraction of sp³-hybridized carbons (Fsp3) is 0.143. The van der Waals surface area contributed by atoms with Crippen LogP contribution in [0.1, 0.15) is 21.2 Å². The van der Waals surface area contributed by atoms with E-state index in [1.54, 1.807) is 29.2 Å². The van der Waals surface area contributed by atoms with E-state index in [1.807, 2.05) is 17.5 Å². The fourth-order valence-electron chi connectivity index (χ4n) is 2.34. The van der Waals surface area contributed by atoms with Crippen molar-refractivity contribution in [3.05, 3.63) is 52.2 Å². The highest BCUT2D eigenvalue weighted by Gasteiger charge is 2.36. The van der Waals surface area contributed by atoms with Crippen LogP contribution in [0.15, 0.2) is 41.8 Å². The zero-order valence-corrected chi connectivity index (χ0v) is 10.8. The van der Waals surface area contributed by atoms with Gasteiger partial charge in [-0.1, -0.05) is 24.3 Å². The monoisotopic (exact) mass is 273 g/mol. The van der Waals surface area contributed by atoms with Gasteiger partial charge in [-0.15, -0.1) is 11.3 Å². The Bertz CT molecular complexity index is 636. The van der Waals surface area contributed by atoms with Gasteiger partial charge in [0.2, 0.25) is 0 Å². The maximum atomic E-state index is 12.4. The van der Waals surface area contributed by atoms with E-state index in [-0.39, 0.29) is 12.5 Å². The van der Waals surface area contributed by atoms with Crippen LogP contribution in [-0.4, -0.2) is 23.5 Å². The van der Waals surface area contributed by atoms with E-state index in [9.17, 15) is 14.7 Å². The van der Waals surface area contributed by atoms with Crippen molar-refractivity contribution in [1.29, 1.82) is 0 Å². The van der Waals surface area contributed by atoms with Crippen molar-refractivity contribution in [3.8, 4) is 0 Å². The number of carboxylic acids is 1. The lowest BCUT2D eigenvalue weighted by Gasteiger charge is -2.16. The van der Waals surface area contributed by atoms with Gasteiger partial charge in [0.15, 0.2) is 0 Å². The molecule has 0 fully saturated rings. The van der Waals surface area contributed by atoms with Crippen molar-refractivity contribution in [3.63, 3.8) is 0 Å². The van der Waals surface area contributed by atoms with E-state index in [1.165, 1.54) is 11.3 Å². The van der Waals surface area contributed by atoms with Gasteiger partial charge in [-0.25, -0.2) is 0 Å². The molecule has 2 aromatic rings. The summed E-state index contributed by atoms with van der Waals surface area (Å²) < 4.78 is 0. The zero-order chi connectivity index (χ0) is 13.4. The number of hydrogen-bond donors (Lipinski definition) is 1. The summed E-state index contributed by atoms with van der Waals surface area (Å²) in [6, 6.07) is 10.8. The van der Waals surface area contributed by atoms with Crippen LogP contribution in [0.5, 0.6) is 0 Å². The largest absolute Gasteiger partial charge is 0.481 e. The van der Waals surface area contributed by atoms with Crippen LogP contribution in [-0.2, 0) is 4.79 Å². The number of thiophene rings is 1. The first kappa shape index (κ1) is 11.9. The van der Waals surface area contributed by atoms with E-state index in [4.69, 9.17) is 0 Å². The van der Waals surface area contributed by atoms with E-state index >= 15 is 0 Å². The third kappa shape index (κ3) is 1.92. The maximum absolute atomic E-state index is 12.4. The summed E-state index contributed by atoms with van der Waals surface area (Å²) in [5, 5.41) is 11.1. The second-order valence-corrected chi connectivity index (χ2v) is 5.29. The van der Waals surface area contributed by atoms with Gasteiger partial charge < -0.3 is 10.0 Å². The molecule has 1 amide bonds.